The first-order valence-electron chi connectivity index (χ1n) is 6.53. The quantitative estimate of drug-likeness (QED) is 0.604. The van der Waals surface area contributed by atoms with Crippen LogP contribution in [0.15, 0.2) is 0 Å². The van der Waals surface area contributed by atoms with Crippen LogP contribution < -0.4 is 0 Å². The molecule has 2 rings (SSSR count). The summed E-state index contributed by atoms with van der Waals surface area (Å²) in [6, 6.07) is 0. The monoisotopic (exact) mass is 194 g/mol. The van der Waals surface area contributed by atoms with Crippen molar-refractivity contribution in [3.8, 4) is 0 Å². The summed E-state index contributed by atoms with van der Waals surface area (Å²) >= 11 is 0. The van der Waals surface area contributed by atoms with Gasteiger partial charge in [-0.15, -0.1) is 0 Å². The maximum atomic E-state index is 2.39. The zero-order valence-electron chi connectivity index (χ0n) is 10.3. The smallest absolute Gasteiger partial charge is 0.0264 e. The van der Waals surface area contributed by atoms with E-state index in [1.165, 1.54) is 12.8 Å². The molecular formula is C14H26. The maximum absolute atomic E-state index is 2.39. The lowest BCUT2D eigenvalue weighted by Gasteiger charge is -2.18. The highest BCUT2D eigenvalue weighted by Gasteiger charge is 2.58. The first-order chi connectivity index (χ1) is 6.53. The third-order valence-electron chi connectivity index (χ3n) is 4.19. The Balaban J connectivity index is 1.81. The Kier molecular flexibility index (Phi) is 2.66. The molecular weight excluding hydrogens is 168 g/mol. The standard InChI is InChI=1S/C14H26/c1-10(2)7-12-8-13(12)14(5-6-14)9-11(3)4/h10-13H,5-9H2,1-4H3. The summed E-state index contributed by atoms with van der Waals surface area (Å²) in [6.45, 7) is 9.52. The molecule has 0 saturated heterocycles. The predicted molar refractivity (Wildman–Crippen MR) is 62.2 cm³/mol. The highest BCUT2D eigenvalue weighted by Crippen LogP contribution is 2.67. The highest BCUT2D eigenvalue weighted by atomic mass is 14.6. The van der Waals surface area contributed by atoms with Crippen molar-refractivity contribution in [3.63, 3.8) is 0 Å². The molecule has 0 radical (unpaired) electrons. The number of hydrogen-bond donors (Lipinski definition) is 0. The van der Waals surface area contributed by atoms with Crippen LogP contribution in [-0.4, -0.2) is 0 Å². The Morgan fingerprint density at radius 2 is 1.71 bits per heavy atom. The fourth-order valence-electron chi connectivity index (χ4n) is 3.56. The lowest BCUT2D eigenvalue weighted by atomic mass is 9.87. The van der Waals surface area contributed by atoms with Crippen molar-refractivity contribution in [1.82, 2.24) is 0 Å². The first-order valence-corrected chi connectivity index (χ1v) is 6.53. The molecule has 0 aromatic heterocycles. The predicted octanol–water partition coefficient (Wildman–Crippen LogP) is 4.49. The van der Waals surface area contributed by atoms with E-state index in [1.807, 2.05) is 0 Å². The Morgan fingerprint density at radius 3 is 2.14 bits per heavy atom. The Bertz CT molecular complexity index is 198. The van der Waals surface area contributed by atoms with Crippen LogP contribution in [0, 0.1) is 29.1 Å². The van der Waals surface area contributed by atoms with Gasteiger partial charge in [-0.2, -0.15) is 0 Å². The Morgan fingerprint density at radius 1 is 1.07 bits per heavy atom. The van der Waals surface area contributed by atoms with Crippen molar-refractivity contribution >= 4 is 0 Å². The van der Waals surface area contributed by atoms with Crippen molar-refractivity contribution in [2.45, 2.75) is 59.8 Å². The summed E-state index contributed by atoms with van der Waals surface area (Å²) in [6.07, 6.45) is 7.65. The molecule has 2 aliphatic carbocycles. The second kappa shape index (κ2) is 3.54. The van der Waals surface area contributed by atoms with Crippen molar-refractivity contribution in [2.24, 2.45) is 29.1 Å². The zero-order chi connectivity index (χ0) is 10.3. The molecule has 2 aliphatic rings. The van der Waals surface area contributed by atoms with E-state index >= 15 is 0 Å². The van der Waals surface area contributed by atoms with Gasteiger partial charge in [0.1, 0.15) is 0 Å². The van der Waals surface area contributed by atoms with Crippen LogP contribution in [0.2, 0.25) is 0 Å². The van der Waals surface area contributed by atoms with Crippen molar-refractivity contribution in [1.29, 1.82) is 0 Å². The van der Waals surface area contributed by atoms with Gasteiger partial charge in [0, 0.05) is 0 Å². The van der Waals surface area contributed by atoms with Gasteiger partial charge in [0.2, 0.25) is 0 Å². The van der Waals surface area contributed by atoms with Crippen LogP contribution in [0.1, 0.15) is 59.8 Å². The lowest BCUT2D eigenvalue weighted by molar-refractivity contribution is 0.319. The van der Waals surface area contributed by atoms with Crippen LogP contribution >= 0.6 is 0 Å². The number of hydrogen-bond acceptors (Lipinski definition) is 0. The molecule has 0 aromatic rings. The first kappa shape index (κ1) is 10.5. The minimum atomic E-state index is 0.841. The average molecular weight is 194 g/mol. The average Bonchev–Trinajstić information content (AvgIpc) is 2.83. The van der Waals surface area contributed by atoms with E-state index in [9.17, 15) is 0 Å². The molecule has 2 unspecified atom stereocenters. The third kappa shape index (κ3) is 2.15. The van der Waals surface area contributed by atoms with Gasteiger partial charge in [-0.05, 0) is 61.2 Å². The minimum absolute atomic E-state index is 0.841. The second-order valence-electron chi connectivity index (χ2n) is 6.69. The van der Waals surface area contributed by atoms with Crippen molar-refractivity contribution in [3.05, 3.63) is 0 Å². The van der Waals surface area contributed by atoms with Gasteiger partial charge in [-0.25, -0.2) is 0 Å². The molecule has 0 aromatic carbocycles. The van der Waals surface area contributed by atoms with Gasteiger partial charge < -0.3 is 0 Å². The van der Waals surface area contributed by atoms with E-state index in [4.69, 9.17) is 0 Å². The summed E-state index contributed by atoms with van der Waals surface area (Å²) in [7, 11) is 0. The van der Waals surface area contributed by atoms with Gasteiger partial charge >= 0.3 is 0 Å². The van der Waals surface area contributed by atoms with Crippen LogP contribution in [0.25, 0.3) is 0 Å². The SMILES string of the molecule is CC(C)CC1CC1C1(CC(C)C)CC1. The molecule has 0 spiro atoms. The second-order valence-corrected chi connectivity index (χ2v) is 6.69. The summed E-state index contributed by atoms with van der Waals surface area (Å²) in [4.78, 5) is 0. The van der Waals surface area contributed by atoms with E-state index < -0.39 is 0 Å². The summed E-state index contributed by atoms with van der Waals surface area (Å²) in [5.74, 6) is 4.07. The molecule has 2 saturated carbocycles. The molecule has 0 aliphatic heterocycles. The van der Waals surface area contributed by atoms with E-state index in [1.54, 1.807) is 19.3 Å². The number of rotatable bonds is 5. The Labute approximate surface area is 89.5 Å². The van der Waals surface area contributed by atoms with Gasteiger partial charge in [0.15, 0.2) is 0 Å². The fraction of sp³-hybridized carbons (Fsp3) is 1.00. The van der Waals surface area contributed by atoms with E-state index in [0.29, 0.717) is 0 Å². The van der Waals surface area contributed by atoms with Crippen LogP contribution in [0.4, 0.5) is 0 Å². The molecule has 0 N–H and O–H groups in total. The summed E-state index contributed by atoms with van der Waals surface area (Å²) in [5, 5.41) is 0. The van der Waals surface area contributed by atoms with Crippen LogP contribution in [-0.2, 0) is 0 Å². The van der Waals surface area contributed by atoms with E-state index in [-0.39, 0.29) is 0 Å². The maximum Gasteiger partial charge on any atom is -0.0264 e. The normalized spacial score (nSPS) is 33.9. The molecule has 82 valence electrons. The molecule has 0 amide bonds. The molecule has 0 heteroatoms. The largest absolute Gasteiger partial charge is 0.0628 e. The Hall–Kier alpha value is 0. The van der Waals surface area contributed by atoms with Crippen LogP contribution in [0.5, 0.6) is 0 Å². The van der Waals surface area contributed by atoms with Crippen LogP contribution in [0.3, 0.4) is 0 Å². The van der Waals surface area contributed by atoms with Gasteiger partial charge in [0.25, 0.3) is 0 Å². The third-order valence-corrected chi connectivity index (χ3v) is 4.19. The minimum Gasteiger partial charge on any atom is -0.0628 e. The zero-order valence-corrected chi connectivity index (χ0v) is 10.3. The van der Waals surface area contributed by atoms with Crippen molar-refractivity contribution < 1.29 is 0 Å². The molecule has 0 bridgehead atoms. The van der Waals surface area contributed by atoms with Crippen molar-refractivity contribution in [2.75, 3.05) is 0 Å². The van der Waals surface area contributed by atoms with E-state index in [0.717, 1.165) is 29.1 Å². The van der Waals surface area contributed by atoms with Gasteiger partial charge in [0.05, 0.1) is 0 Å². The van der Waals surface area contributed by atoms with Gasteiger partial charge in [-0.1, -0.05) is 27.7 Å². The molecule has 0 nitrogen and oxygen atoms in total. The molecule has 2 atom stereocenters. The molecule has 0 heterocycles. The van der Waals surface area contributed by atoms with Gasteiger partial charge in [-0.3, -0.25) is 0 Å². The molecule has 14 heavy (non-hydrogen) atoms. The lowest BCUT2D eigenvalue weighted by Crippen LogP contribution is -2.09. The highest BCUT2D eigenvalue weighted by molar-refractivity contribution is 5.08. The van der Waals surface area contributed by atoms with E-state index in [2.05, 4.69) is 27.7 Å². The topological polar surface area (TPSA) is 0 Å². The summed E-state index contributed by atoms with van der Waals surface area (Å²) in [5.41, 5.74) is 0.841. The molecule has 2 fully saturated rings. The summed E-state index contributed by atoms with van der Waals surface area (Å²) < 4.78 is 0. The fourth-order valence-corrected chi connectivity index (χ4v) is 3.56.